The van der Waals surface area contributed by atoms with Crippen LogP contribution >= 0.6 is 11.6 Å². The highest BCUT2D eigenvalue weighted by Crippen LogP contribution is 2.16. The highest BCUT2D eigenvalue weighted by atomic mass is 35.5. The van der Waals surface area contributed by atoms with Crippen LogP contribution in [0.5, 0.6) is 0 Å². The van der Waals surface area contributed by atoms with Crippen molar-refractivity contribution in [2.45, 2.75) is 13.0 Å². The zero-order valence-electron chi connectivity index (χ0n) is 13.2. The Kier molecular flexibility index (Phi) is 5.40. The van der Waals surface area contributed by atoms with Gasteiger partial charge in [0.25, 0.3) is 0 Å². The van der Waals surface area contributed by atoms with Crippen molar-refractivity contribution in [3.8, 4) is 0 Å². The van der Waals surface area contributed by atoms with E-state index in [2.05, 4.69) is 0 Å². The molecule has 1 atom stereocenters. The van der Waals surface area contributed by atoms with Gasteiger partial charge in [-0.15, -0.1) is 0 Å². The Hall–Kier alpha value is -2.33. The Bertz CT molecular complexity index is 710. The number of esters is 1. The van der Waals surface area contributed by atoms with Gasteiger partial charge in [-0.2, -0.15) is 0 Å². The lowest BCUT2D eigenvalue weighted by Gasteiger charge is -2.15. The first kappa shape index (κ1) is 17.0. The van der Waals surface area contributed by atoms with Gasteiger partial charge in [-0.05, 0) is 49.4 Å². The van der Waals surface area contributed by atoms with Gasteiger partial charge in [-0.3, -0.25) is 4.79 Å². The van der Waals surface area contributed by atoms with Gasteiger partial charge in [0.15, 0.2) is 6.10 Å². The van der Waals surface area contributed by atoms with Crippen LogP contribution in [0.3, 0.4) is 0 Å². The summed E-state index contributed by atoms with van der Waals surface area (Å²) in [6.07, 6.45) is -0.869. The van der Waals surface area contributed by atoms with E-state index in [1.165, 1.54) is 0 Å². The third-order valence-corrected chi connectivity index (χ3v) is 3.63. The molecule has 0 saturated heterocycles. The van der Waals surface area contributed by atoms with Crippen LogP contribution in [0.4, 0.5) is 5.69 Å². The quantitative estimate of drug-likeness (QED) is 0.617. The van der Waals surface area contributed by atoms with Crippen LogP contribution in [0.25, 0.3) is 0 Å². The number of ketones is 1. The molecule has 4 nitrogen and oxygen atoms in total. The molecule has 0 amide bonds. The van der Waals surface area contributed by atoms with Gasteiger partial charge in [-0.25, -0.2) is 4.79 Å². The van der Waals surface area contributed by atoms with E-state index in [0.717, 1.165) is 5.69 Å². The summed E-state index contributed by atoms with van der Waals surface area (Å²) >= 11 is 5.80. The second kappa shape index (κ2) is 7.29. The molecule has 5 heteroatoms. The molecule has 0 heterocycles. The summed E-state index contributed by atoms with van der Waals surface area (Å²) in [6.45, 7) is 1.56. The first-order valence-electron chi connectivity index (χ1n) is 7.16. The van der Waals surface area contributed by atoms with Crippen LogP contribution in [0.1, 0.15) is 27.6 Å². The number of carbonyl (C=O) groups is 2. The largest absolute Gasteiger partial charge is 0.451 e. The third-order valence-electron chi connectivity index (χ3n) is 3.38. The smallest absolute Gasteiger partial charge is 0.338 e. The predicted octanol–water partition coefficient (Wildman–Crippen LogP) is 3.83. The minimum absolute atomic E-state index is 0.265. The van der Waals surface area contributed by atoms with Crippen molar-refractivity contribution < 1.29 is 14.3 Å². The van der Waals surface area contributed by atoms with Gasteiger partial charge >= 0.3 is 5.97 Å². The van der Waals surface area contributed by atoms with Crippen molar-refractivity contribution in [3.05, 3.63) is 64.7 Å². The molecular weight excluding hydrogens is 314 g/mol. The average Bonchev–Trinajstić information content (AvgIpc) is 2.54. The van der Waals surface area contributed by atoms with E-state index in [0.29, 0.717) is 16.1 Å². The highest BCUT2D eigenvalue weighted by Gasteiger charge is 2.20. The standard InChI is InChI=1S/C18H18ClNO3/c1-12(17(21)13-7-9-15(19)10-8-13)23-18(22)14-5-4-6-16(11-14)20(2)3/h4-12H,1-3H3/t12-/m0/s1. The van der Waals surface area contributed by atoms with E-state index in [1.54, 1.807) is 49.4 Å². The lowest BCUT2D eigenvalue weighted by atomic mass is 10.1. The molecular formula is C18H18ClNO3. The Balaban J connectivity index is 2.08. The van der Waals surface area contributed by atoms with Gasteiger partial charge in [-0.1, -0.05) is 17.7 Å². The molecule has 0 aliphatic carbocycles. The Labute approximate surface area is 140 Å². The fourth-order valence-corrected chi connectivity index (χ4v) is 2.17. The first-order chi connectivity index (χ1) is 10.9. The number of ether oxygens (including phenoxy) is 1. The number of Topliss-reactive ketones (excluding diaryl/α,β-unsaturated/α-hetero) is 1. The molecule has 0 radical (unpaired) electrons. The van der Waals surface area contributed by atoms with Gasteiger partial charge in [0.2, 0.25) is 5.78 Å². The summed E-state index contributed by atoms with van der Waals surface area (Å²) < 4.78 is 5.28. The fourth-order valence-electron chi connectivity index (χ4n) is 2.04. The summed E-state index contributed by atoms with van der Waals surface area (Å²) in [6, 6.07) is 13.5. The van der Waals surface area contributed by atoms with Crippen LogP contribution in [0.15, 0.2) is 48.5 Å². The molecule has 0 aromatic heterocycles. The van der Waals surface area contributed by atoms with E-state index in [-0.39, 0.29) is 5.78 Å². The van der Waals surface area contributed by atoms with Crippen LogP contribution < -0.4 is 4.90 Å². The Morgan fingerprint density at radius 2 is 1.70 bits per heavy atom. The third kappa shape index (κ3) is 4.33. The molecule has 2 aromatic carbocycles. The van der Waals surface area contributed by atoms with Crippen LogP contribution in [0.2, 0.25) is 5.02 Å². The number of hydrogen-bond acceptors (Lipinski definition) is 4. The number of carbonyl (C=O) groups excluding carboxylic acids is 2. The van der Waals surface area contributed by atoms with Gasteiger partial charge in [0.05, 0.1) is 5.56 Å². The monoisotopic (exact) mass is 331 g/mol. The lowest BCUT2D eigenvalue weighted by molar-refractivity contribution is 0.0319. The molecule has 0 saturated carbocycles. The molecule has 2 rings (SSSR count). The van der Waals surface area contributed by atoms with Crippen molar-refractivity contribution in [1.29, 1.82) is 0 Å². The van der Waals surface area contributed by atoms with E-state index in [9.17, 15) is 9.59 Å². The maximum atomic E-state index is 12.3. The summed E-state index contributed by atoms with van der Waals surface area (Å²) in [5, 5.41) is 0.548. The van der Waals surface area contributed by atoms with Crippen LogP contribution in [-0.2, 0) is 4.74 Å². The van der Waals surface area contributed by atoms with Gasteiger partial charge in [0.1, 0.15) is 0 Å². The Morgan fingerprint density at radius 1 is 1.04 bits per heavy atom. The minimum Gasteiger partial charge on any atom is -0.451 e. The topological polar surface area (TPSA) is 46.6 Å². The normalized spacial score (nSPS) is 11.7. The van der Waals surface area contributed by atoms with Crippen molar-refractivity contribution >= 4 is 29.0 Å². The van der Waals surface area contributed by atoms with Crippen molar-refractivity contribution in [3.63, 3.8) is 0 Å². The van der Waals surface area contributed by atoms with E-state index in [4.69, 9.17) is 16.3 Å². The summed E-state index contributed by atoms with van der Waals surface area (Å²) in [4.78, 5) is 26.4. The minimum atomic E-state index is -0.869. The summed E-state index contributed by atoms with van der Waals surface area (Å²) in [7, 11) is 3.77. The second-order valence-corrected chi connectivity index (χ2v) is 5.80. The predicted molar refractivity (Wildman–Crippen MR) is 91.4 cm³/mol. The second-order valence-electron chi connectivity index (χ2n) is 5.36. The molecule has 0 N–H and O–H groups in total. The lowest BCUT2D eigenvalue weighted by Crippen LogP contribution is -2.24. The van der Waals surface area contributed by atoms with E-state index >= 15 is 0 Å². The molecule has 120 valence electrons. The zero-order valence-corrected chi connectivity index (χ0v) is 14.0. The van der Waals surface area contributed by atoms with Gasteiger partial charge in [0, 0.05) is 30.4 Å². The zero-order chi connectivity index (χ0) is 17.0. The number of nitrogens with zero attached hydrogens (tertiary/aromatic N) is 1. The van der Waals surface area contributed by atoms with E-state index in [1.807, 2.05) is 25.1 Å². The van der Waals surface area contributed by atoms with Crippen molar-refractivity contribution in [2.24, 2.45) is 0 Å². The van der Waals surface area contributed by atoms with Crippen LogP contribution in [0, 0.1) is 0 Å². The Morgan fingerprint density at radius 3 is 2.30 bits per heavy atom. The molecule has 0 aliphatic rings. The molecule has 0 unspecified atom stereocenters. The number of halogens is 1. The fraction of sp³-hybridized carbons (Fsp3) is 0.222. The SMILES string of the molecule is C[C@H](OC(=O)c1cccc(N(C)C)c1)C(=O)c1ccc(Cl)cc1. The first-order valence-corrected chi connectivity index (χ1v) is 7.54. The summed E-state index contributed by atoms with van der Waals surface area (Å²) in [5.41, 5.74) is 1.75. The van der Waals surface area contributed by atoms with Gasteiger partial charge < -0.3 is 9.64 Å². The van der Waals surface area contributed by atoms with Crippen molar-refractivity contribution in [2.75, 3.05) is 19.0 Å². The maximum absolute atomic E-state index is 12.3. The molecule has 0 bridgehead atoms. The van der Waals surface area contributed by atoms with E-state index < -0.39 is 12.1 Å². The summed E-state index contributed by atoms with van der Waals surface area (Å²) in [5.74, 6) is -0.790. The average molecular weight is 332 g/mol. The number of rotatable bonds is 5. The van der Waals surface area contributed by atoms with Crippen molar-refractivity contribution in [1.82, 2.24) is 0 Å². The van der Waals surface area contributed by atoms with Crippen LogP contribution in [-0.4, -0.2) is 32.0 Å². The highest BCUT2D eigenvalue weighted by molar-refractivity contribution is 6.30. The molecule has 0 aliphatic heterocycles. The number of benzene rings is 2. The maximum Gasteiger partial charge on any atom is 0.338 e. The molecule has 0 spiro atoms. The number of hydrogen-bond donors (Lipinski definition) is 0. The molecule has 2 aromatic rings. The molecule has 23 heavy (non-hydrogen) atoms. The molecule has 0 fully saturated rings. The number of anilines is 1.